The van der Waals surface area contributed by atoms with Gasteiger partial charge in [-0.3, -0.25) is 9.59 Å². The largest absolute Gasteiger partial charge is 0.494 e. The first-order valence-corrected chi connectivity index (χ1v) is 9.52. The lowest BCUT2D eigenvalue weighted by molar-refractivity contribution is -0.122. The highest BCUT2D eigenvalue weighted by atomic mass is 35.5. The van der Waals surface area contributed by atoms with Crippen molar-refractivity contribution in [2.45, 2.75) is 19.8 Å². The SMILES string of the molecule is CCCOc1ccc(N2C[C@H](C(=O)Nc3ccc(Cl)cc3Cl)CC2=O)cc1. The molecule has 1 heterocycles. The molecule has 0 saturated carbocycles. The molecule has 5 nitrogen and oxygen atoms in total. The summed E-state index contributed by atoms with van der Waals surface area (Å²) in [6.45, 7) is 3.02. The first kappa shape index (κ1) is 19.5. The van der Waals surface area contributed by atoms with E-state index in [1.807, 2.05) is 31.2 Å². The lowest BCUT2D eigenvalue weighted by atomic mass is 10.1. The van der Waals surface area contributed by atoms with Crippen molar-refractivity contribution in [1.82, 2.24) is 0 Å². The Morgan fingerprint density at radius 2 is 1.96 bits per heavy atom. The van der Waals surface area contributed by atoms with Gasteiger partial charge >= 0.3 is 0 Å². The van der Waals surface area contributed by atoms with Crippen LogP contribution in [0.15, 0.2) is 42.5 Å². The predicted molar refractivity (Wildman–Crippen MR) is 108 cm³/mol. The van der Waals surface area contributed by atoms with E-state index in [0.29, 0.717) is 28.9 Å². The first-order chi connectivity index (χ1) is 13.0. The molecule has 1 atom stereocenters. The number of anilines is 2. The highest BCUT2D eigenvalue weighted by Gasteiger charge is 2.35. The number of carbonyl (C=O) groups is 2. The van der Waals surface area contributed by atoms with Gasteiger partial charge in [-0.1, -0.05) is 30.1 Å². The second-order valence-electron chi connectivity index (χ2n) is 6.36. The van der Waals surface area contributed by atoms with Gasteiger partial charge in [-0.15, -0.1) is 0 Å². The minimum atomic E-state index is -0.444. The number of rotatable bonds is 6. The van der Waals surface area contributed by atoms with Crippen LogP contribution in [0.3, 0.4) is 0 Å². The zero-order valence-corrected chi connectivity index (χ0v) is 16.4. The van der Waals surface area contributed by atoms with Gasteiger partial charge in [0.1, 0.15) is 5.75 Å². The molecule has 0 unspecified atom stereocenters. The van der Waals surface area contributed by atoms with Crippen LogP contribution >= 0.6 is 23.2 Å². The molecule has 1 fully saturated rings. The van der Waals surface area contributed by atoms with E-state index in [1.54, 1.807) is 23.1 Å². The van der Waals surface area contributed by atoms with Crippen LogP contribution in [0.5, 0.6) is 5.75 Å². The van der Waals surface area contributed by atoms with Crippen molar-refractivity contribution in [2.75, 3.05) is 23.4 Å². The summed E-state index contributed by atoms with van der Waals surface area (Å²) in [6.07, 6.45) is 1.09. The van der Waals surface area contributed by atoms with Gasteiger partial charge in [0.15, 0.2) is 0 Å². The smallest absolute Gasteiger partial charge is 0.229 e. The Hall–Kier alpha value is -2.24. The van der Waals surface area contributed by atoms with Gasteiger partial charge in [-0.05, 0) is 48.9 Å². The van der Waals surface area contributed by atoms with E-state index in [1.165, 1.54) is 0 Å². The van der Waals surface area contributed by atoms with Gasteiger partial charge in [0, 0.05) is 23.7 Å². The number of benzene rings is 2. The molecule has 7 heteroatoms. The molecule has 2 amide bonds. The molecule has 1 saturated heterocycles. The number of amides is 2. The third kappa shape index (κ3) is 4.73. The highest BCUT2D eigenvalue weighted by Crippen LogP contribution is 2.29. The molecule has 1 aliphatic heterocycles. The van der Waals surface area contributed by atoms with Gasteiger partial charge in [0.05, 0.1) is 23.2 Å². The van der Waals surface area contributed by atoms with Crippen LogP contribution in [-0.4, -0.2) is 25.0 Å². The van der Waals surface area contributed by atoms with Crippen LogP contribution in [0.4, 0.5) is 11.4 Å². The fourth-order valence-electron chi connectivity index (χ4n) is 2.90. The van der Waals surface area contributed by atoms with Gasteiger partial charge in [0.2, 0.25) is 11.8 Å². The molecular formula is C20H20Cl2N2O3. The molecule has 27 heavy (non-hydrogen) atoms. The van der Waals surface area contributed by atoms with Gasteiger partial charge in [0.25, 0.3) is 0 Å². The summed E-state index contributed by atoms with van der Waals surface area (Å²) in [4.78, 5) is 26.5. The van der Waals surface area contributed by atoms with Crippen LogP contribution in [0, 0.1) is 5.92 Å². The van der Waals surface area contributed by atoms with Crippen molar-refractivity contribution in [1.29, 1.82) is 0 Å². The van der Waals surface area contributed by atoms with Crippen LogP contribution in [0.2, 0.25) is 10.0 Å². The molecule has 142 valence electrons. The van der Waals surface area contributed by atoms with Crippen LogP contribution in [-0.2, 0) is 9.59 Å². The van der Waals surface area contributed by atoms with Gasteiger partial charge in [-0.2, -0.15) is 0 Å². The third-order valence-electron chi connectivity index (χ3n) is 4.31. The molecular weight excluding hydrogens is 387 g/mol. The normalized spacial score (nSPS) is 16.5. The Morgan fingerprint density at radius 3 is 2.63 bits per heavy atom. The van der Waals surface area contributed by atoms with Crippen LogP contribution in [0.1, 0.15) is 19.8 Å². The summed E-state index contributed by atoms with van der Waals surface area (Å²) < 4.78 is 5.56. The van der Waals surface area contributed by atoms with E-state index in [0.717, 1.165) is 17.9 Å². The van der Waals surface area contributed by atoms with E-state index < -0.39 is 5.92 Å². The Balaban J connectivity index is 1.65. The van der Waals surface area contributed by atoms with Crippen molar-refractivity contribution < 1.29 is 14.3 Å². The Morgan fingerprint density at radius 1 is 1.22 bits per heavy atom. The fraction of sp³-hybridized carbons (Fsp3) is 0.300. The second kappa shape index (κ2) is 8.63. The number of nitrogens with one attached hydrogen (secondary N) is 1. The molecule has 2 aromatic carbocycles. The van der Waals surface area contributed by atoms with E-state index in [9.17, 15) is 9.59 Å². The lowest BCUT2D eigenvalue weighted by Crippen LogP contribution is -2.28. The van der Waals surface area contributed by atoms with Crippen LogP contribution in [0.25, 0.3) is 0 Å². The van der Waals surface area contributed by atoms with Crippen molar-refractivity contribution in [3.8, 4) is 5.75 Å². The Kier molecular flexibility index (Phi) is 6.24. The van der Waals surface area contributed by atoms with Crippen molar-refractivity contribution in [3.63, 3.8) is 0 Å². The molecule has 3 rings (SSSR count). The Labute approximate surface area is 168 Å². The van der Waals surface area contributed by atoms with E-state index in [2.05, 4.69) is 5.32 Å². The first-order valence-electron chi connectivity index (χ1n) is 8.77. The average molecular weight is 407 g/mol. The molecule has 0 spiro atoms. The number of hydrogen-bond acceptors (Lipinski definition) is 3. The predicted octanol–water partition coefficient (Wildman–Crippen LogP) is 4.77. The molecule has 1 N–H and O–H groups in total. The molecule has 0 bridgehead atoms. The molecule has 0 radical (unpaired) electrons. The topological polar surface area (TPSA) is 58.6 Å². The molecule has 0 aromatic heterocycles. The van der Waals surface area contributed by atoms with Crippen molar-refractivity contribution >= 4 is 46.4 Å². The van der Waals surface area contributed by atoms with Crippen molar-refractivity contribution in [2.24, 2.45) is 5.92 Å². The maximum absolute atomic E-state index is 12.5. The fourth-order valence-corrected chi connectivity index (χ4v) is 3.36. The summed E-state index contributed by atoms with van der Waals surface area (Å²) in [5.74, 6) is -0.00302. The summed E-state index contributed by atoms with van der Waals surface area (Å²) in [5.41, 5.74) is 1.23. The maximum Gasteiger partial charge on any atom is 0.229 e. The minimum absolute atomic E-state index is 0.0837. The van der Waals surface area contributed by atoms with Crippen molar-refractivity contribution in [3.05, 3.63) is 52.5 Å². The monoisotopic (exact) mass is 406 g/mol. The summed E-state index contributed by atoms with van der Waals surface area (Å²) in [5, 5.41) is 3.63. The quantitative estimate of drug-likeness (QED) is 0.750. The van der Waals surface area contributed by atoms with Gasteiger partial charge < -0.3 is 15.0 Å². The average Bonchev–Trinajstić information content (AvgIpc) is 3.04. The van der Waals surface area contributed by atoms with E-state index in [-0.39, 0.29) is 18.2 Å². The number of nitrogens with zero attached hydrogens (tertiary/aromatic N) is 1. The zero-order chi connectivity index (χ0) is 19.4. The van der Waals surface area contributed by atoms with Gasteiger partial charge in [-0.25, -0.2) is 0 Å². The molecule has 1 aliphatic rings. The number of hydrogen-bond donors (Lipinski definition) is 1. The van der Waals surface area contributed by atoms with E-state index in [4.69, 9.17) is 27.9 Å². The summed E-state index contributed by atoms with van der Waals surface area (Å²) in [7, 11) is 0. The standard InChI is InChI=1S/C20H20Cl2N2O3/c1-2-9-27-16-6-4-15(5-7-16)24-12-13(10-19(24)25)20(26)23-18-8-3-14(21)11-17(18)22/h3-8,11,13H,2,9-10,12H2,1H3,(H,23,26)/t13-/m1/s1. The van der Waals surface area contributed by atoms with Crippen LogP contribution < -0.4 is 15.0 Å². The maximum atomic E-state index is 12.5. The number of ether oxygens (including phenoxy) is 1. The lowest BCUT2D eigenvalue weighted by Gasteiger charge is -2.17. The highest BCUT2D eigenvalue weighted by molar-refractivity contribution is 6.36. The molecule has 2 aromatic rings. The summed E-state index contributed by atoms with van der Waals surface area (Å²) in [6, 6.07) is 12.2. The summed E-state index contributed by atoms with van der Waals surface area (Å²) >= 11 is 12.0. The second-order valence-corrected chi connectivity index (χ2v) is 7.20. The number of carbonyl (C=O) groups excluding carboxylic acids is 2. The zero-order valence-electron chi connectivity index (χ0n) is 14.9. The molecule has 0 aliphatic carbocycles. The Bertz CT molecular complexity index is 840. The minimum Gasteiger partial charge on any atom is -0.494 e. The third-order valence-corrected chi connectivity index (χ3v) is 4.85. The number of halogens is 2. The van der Waals surface area contributed by atoms with E-state index >= 15 is 0 Å².